The highest BCUT2D eigenvalue weighted by atomic mass is 16.5. The van der Waals surface area contributed by atoms with Gasteiger partial charge in [0.15, 0.2) is 0 Å². The zero-order chi connectivity index (χ0) is 22.1. The Morgan fingerprint density at radius 1 is 1.30 bits per heavy atom. The minimum absolute atomic E-state index is 0.0667. The number of hydrogen-bond acceptors (Lipinski definition) is 7. The molecular weight excluding hydrogens is 396 g/mol. The van der Waals surface area contributed by atoms with E-state index in [2.05, 4.69) is 15.3 Å². The molecule has 3 rings (SSSR count). The van der Waals surface area contributed by atoms with Gasteiger partial charge in [-0.05, 0) is 32.1 Å². The molecule has 0 unspecified atom stereocenters. The van der Waals surface area contributed by atoms with Crippen molar-refractivity contribution in [1.82, 2.24) is 20.2 Å². The van der Waals surface area contributed by atoms with Gasteiger partial charge in [0.05, 0.1) is 24.6 Å². The molecule has 30 heavy (non-hydrogen) atoms. The second-order valence-electron chi connectivity index (χ2n) is 7.32. The van der Waals surface area contributed by atoms with Crippen molar-refractivity contribution in [2.75, 3.05) is 20.2 Å². The first kappa shape index (κ1) is 23.5. The van der Waals surface area contributed by atoms with E-state index in [1.807, 2.05) is 4.90 Å². The van der Waals surface area contributed by atoms with Crippen molar-refractivity contribution in [2.45, 2.75) is 50.4 Å². The van der Waals surface area contributed by atoms with Gasteiger partial charge < -0.3 is 30.2 Å². The number of aromatic nitrogens is 2. The number of ether oxygens (including phenoxy) is 1. The molecule has 1 aliphatic heterocycles. The molecule has 1 aromatic rings. The Balaban J connectivity index is 0.00000101. The molecular formula is C19H28N4O7. The fraction of sp³-hybridized carbons (Fsp3) is 0.632. The third-order valence-electron chi connectivity index (χ3n) is 5.53. The number of nitrogens with one attached hydrogen (secondary N) is 2. The summed E-state index contributed by atoms with van der Waals surface area (Å²) < 4.78 is 5.33. The van der Waals surface area contributed by atoms with Crippen molar-refractivity contribution in [2.24, 2.45) is 5.92 Å². The number of nitrogens with zero attached hydrogens (tertiary/aromatic N) is 2. The van der Waals surface area contributed by atoms with Crippen LogP contribution in [-0.2, 0) is 14.3 Å². The van der Waals surface area contributed by atoms with E-state index in [4.69, 9.17) is 14.6 Å². The molecule has 1 saturated heterocycles. The molecule has 4 N–H and O–H groups in total. The summed E-state index contributed by atoms with van der Waals surface area (Å²) in [4.78, 5) is 52.9. The first-order chi connectivity index (χ1) is 14.4. The van der Waals surface area contributed by atoms with Crippen LogP contribution >= 0.6 is 0 Å². The van der Waals surface area contributed by atoms with Gasteiger partial charge >= 0.3 is 0 Å². The molecule has 0 radical (unpaired) electrons. The van der Waals surface area contributed by atoms with Crippen LogP contribution in [0.5, 0.6) is 0 Å². The molecule has 2 heterocycles. The maximum Gasteiger partial charge on any atom is 0.290 e. The summed E-state index contributed by atoms with van der Waals surface area (Å²) in [6.07, 6.45) is 4.82. The Morgan fingerprint density at radius 2 is 1.97 bits per heavy atom. The lowest BCUT2D eigenvalue weighted by atomic mass is 9.82. The van der Waals surface area contributed by atoms with Crippen LogP contribution < -0.4 is 10.9 Å². The Hall–Kier alpha value is -2.79. The standard InChI is InChI=1S/C18H26N4O5.CH2O2/c1-27-12-4-6-22(7-5-12)18(26)11-2-3-14(15(23)8-11)21-17(25)13-9-19-10-20-16(13)24;2-1-3/h9-12,14-15,23H,2-8H2,1H3,(H,21,25)(H,19,20,24);1H,(H,2,3)/t11-,14-,15-;/m0./s1. The van der Waals surface area contributed by atoms with Crippen molar-refractivity contribution in [1.29, 1.82) is 0 Å². The summed E-state index contributed by atoms with van der Waals surface area (Å²) in [6.45, 7) is 1.10. The number of methoxy groups -OCH3 is 1. The second-order valence-corrected chi connectivity index (χ2v) is 7.32. The number of hydrogen-bond donors (Lipinski definition) is 4. The van der Waals surface area contributed by atoms with Gasteiger partial charge in [0.2, 0.25) is 5.91 Å². The van der Waals surface area contributed by atoms with Crippen LogP contribution in [-0.4, -0.2) is 81.8 Å². The normalized spacial score (nSPS) is 24.3. The highest BCUT2D eigenvalue weighted by Crippen LogP contribution is 2.28. The number of carbonyl (C=O) groups is 3. The van der Waals surface area contributed by atoms with E-state index in [-0.39, 0.29) is 30.0 Å². The highest BCUT2D eigenvalue weighted by Gasteiger charge is 2.36. The highest BCUT2D eigenvalue weighted by molar-refractivity contribution is 5.93. The van der Waals surface area contributed by atoms with Crippen LogP contribution in [0.3, 0.4) is 0 Å². The number of aliphatic hydroxyl groups excluding tert-OH is 1. The van der Waals surface area contributed by atoms with E-state index in [0.717, 1.165) is 12.8 Å². The number of carboxylic acid groups (broad SMARTS) is 1. The number of amides is 2. The summed E-state index contributed by atoms with van der Waals surface area (Å²) in [7, 11) is 1.69. The third-order valence-corrected chi connectivity index (χ3v) is 5.53. The SMILES string of the molecule is COC1CCN(C(=O)[C@H]2CC[C@H](NC(=O)c3cnc[nH]c3=O)[C@@H](O)C2)CC1.O=CO. The van der Waals surface area contributed by atoms with Crippen molar-refractivity contribution in [3.8, 4) is 0 Å². The fourth-order valence-corrected chi connectivity index (χ4v) is 3.86. The van der Waals surface area contributed by atoms with Crippen LogP contribution in [0.15, 0.2) is 17.3 Å². The predicted octanol–water partition coefficient (Wildman–Crippen LogP) is -0.632. The molecule has 0 aromatic carbocycles. The zero-order valence-electron chi connectivity index (χ0n) is 16.8. The van der Waals surface area contributed by atoms with E-state index in [9.17, 15) is 19.5 Å². The van der Waals surface area contributed by atoms with Crippen molar-refractivity contribution < 1.29 is 29.3 Å². The number of carbonyl (C=O) groups excluding carboxylic acids is 2. The minimum atomic E-state index is -0.830. The van der Waals surface area contributed by atoms with Crippen LogP contribution in [0.4, 0.5) is 0 Å². The van der Waals surface area contributed by atoms with Crippen molar-refractivity contribution in [3.05, 3.63) is 28.4 Å². The maximum atomic E-state index is 12.7. The monoisotopic (exact) mass is 424 g/mol. The van der Waals surface area contributed by atoms with Crippen molar-refractivity contribution in [3.63, 3.8) is 0 Å². The van der Waals surface area contributed by atoms with Crippen LogP contribution in [0, 0.1) is 5.92 Å². The molecule has 2 fully saturated rings. The average Bonchev–Trinajstić information content (AvgIpc) is 2.75. The molecule has 0 spiro atoms. The Morgan fingerprint density at radius 3 is 2.53 bits per heavy atom. The number of piperidine rings is 1. The molecule has 0 bridgehead atoms. The molecule has 1 aromatic heterocycles. The number of aromatic amines is 1. The van der Waals surface area contributed by atoms with E-state index in [0.29, 0.717) is 32.4 Å². The summed E-state index contributed by atoms with van der Waals surface area (Å²) in [5, 5.41) is 20.0. The zero-order valence-corrected chi connectivity index (χ0v) is 16.8. The number of aliphatic hydroxyl groups is 1. The maximum absolute atomic E-state index is 12.7. The van der Waals surface area contributed by atoms with Gasteiger partial charge in [-0.15, -0.1) is 0 Å². The van der Waals surface area contributed by atoms with E-state index in [1.54, 1.807) is 7.11 Å². The predicted molar refractivity (Wildman–Crippen MR) is 105 cm³/mol. The van der Waals surface area contributed by atoms with Gasteiger partial charge in [-0.2, -0.15) is 0 Å². The lowest BCUT2D eigenvalue weighted by molar-refractivity contribution is -0.140. The lowest BCUT2D eigenvalue weighted by Crippen LogP contribution is -2.51. The molecule has 11 nitrogen and oxygen atoms in total. The lowest BCUT2D eigenvalue weighted by Gasteiger charge is -2.37. The topological polar surface area (TPSA) is 162 Å². The minimum Gasteiger partial charge on any atom is -0.483 e. The first-order valence-electron chi connectivity index (χ1n) is 9.82. The summed E-state index contributed by atoms with van der Waals surface area (Å²) >= 11 is 0. The van der Waals surface area contributed by atoms with E-state index >= 15 is 0 Å². The fourth-order valence-electron chi connectivity index (χ4n) is 3.86. The van der Waals surface area contributed by atoms with Gasteiger partial charge in [-0.3, -0.25) is 19.2 Å². The number of likely N-dealkylation sites (tertiary alicyclic amines) is 1. The van der Waals surface area contributed by atoms with Crippen LogP contribution in [0.1, 0.15) is 42.5 Å². The largest absolute Gasteiger partial charge is 0.483 e. The van der Waals surface area contributed by atoms with Crippen LogP contribution in [0.25, 0.3) is 0 Å². The third kappa shape index (κ3) is 6.10. The van der Waals surface area contributed by atoms with Gasteiger partial charge in [0, 0.05) is 32.3 Å². The molecule has 3 atom stereocenters. The Kier molecular flexibility index (Phi) is 8.93. The molecule has 1 aliphatic carbocycles. The quantitative estimate of drug-likeness (QED) is 0.464. The summed E-state index contributed by atoms with van der Waals surface area (Å²) in [6, 6.07) is -0.486. The van der Waals surface area contributed by atoms with Gasteiger partial charge in [-0.25, -0.2) is 4.98 Å². The molecule has 166 valence electrons. The summed E-state index contributed by atoms with van der Waals surface area (Å²) in [5.41, 5.74) is -0.621. The first-order valence-corrected chi connectivity index (χ1v) is 9.82. The summed E-state index contributed by atoms with van der Waals surface area (Å²) in [5.74, 6) is -0.745. The molecule has 1 saturated carbocycles. The van der Waals surface area contributed by atoms with E-state index < -0.39 is 23.6 Å². The van der Waals surface area contributed by atoms with Crippen LogP contribution in [0.2, 0.25) is 0 Å². The Labute approximate surface area is 173 Å². The number of H-pyrrole nitrogens is 1. The van der Waals surface area contributed by atoms with Gasteiger partial charge in [0.25, 0.3) is 17.9 Å². The van der Waals surface area contributed by atoms with Gasteiger partial charge in [0.1, 0.15) is 5.56 Å². The smallest absolute Gasteiger partial charge is 0.290 e. The number of rotatable bonds is 4. The molecule has 11 heteroatoms. The van der Waals surface area contributed by atoms with Crippen molar-refractivity contribution >= 4 is 18.3 Å². The van der Waals surface area contributed by atoms with E-state index in [1.165, 1.54) is 12.5 Å². The average molecular weight is 424 g/mol. The second kappa shape index (κ2) is 11.4. The van der Waals surface area contributed by atoms with Gasteiger partial charge in [-0.1, -0.05) is 0 Å². The molecule has 2 aliphatic rings. The molecule has 2 amide bonds. The Bertz CT molecular complexity index is 776.